The molecule has 0 bridgehead atoms. The Morgan fingerprint density at radius 3 is 2.44 bits per heavy atom. The largest absolute Gasteiger partial charge is 0.492 e. The average Bonchev–Trinajstić information content (AvgIpc) is 2.24. The standard InChI is InChI=1S/C12H19NO4S/c1-9-7-10(2)12(17-6-4-5-16-3)11(8-9)18(13,14)15/h7-8H,4-6H2,1-3H3,(H2,13,14,15). The molecule has 0 spiro atoms. The summed E-state index contributed by atoms with van der Waals surface area (Å²) in [6.07, 6.45) is 0.688. The molecule has 1 rings (SSSR count). The highest BCUT2D eigenvalue weighted by Crippen LogP contribution is 2.28. The van der Waals surface area contributed by atoms with Crippen LogP contribution in [0.4, 0.5) is 0 Å². The van der Waals surface area contributed by atoms with Crippen molar-refractivity contribution in [1.29, 1.82) is 0 Å². The van der Waals surface area contributed by atoms with Crippen LogP contribution in [0.3, 0.4) is 0 Å². The molecule has 2 N–H and O–H groups in total. The summed E-state index contributed by atoms with van der Waals surface area (Å²) in [5, 5.41) is 5.19. The van der Waals surface area contributed by atoms with Crippen molar-refractivity contribution >= 4 is 10.0 Å². The summed E-state index contributed by atoms with van der Waals surface area (Å²) in [5.74, 6) is 0.333. The minimum absolute atomic E-state index is 0.0393. The SMILES string of the molecule is COCCCOc1c(C)cc(C)cc1S(N)(=O)=O. The molecular formula is C12H19NO4S. The van der Waals surface area contributed by atoms with E-state index in [4.69, 9.17) is 14.6 Å². The molecule has 102 valence electrons. The molecule has 0 aromatic heterocycles. The lowest BCUT2D eigenvalue weighted by Gasteiger charge is -2.13. The number of sulfonamides is 1. The van der Waals surface area contributed by atoms with Gasteiger partial charge in [-0.3, -0.25) is 0 Å². The molecule has 0 fully saturated rings. The van der Waals surface area contributed by atoms with Crippen molar-refractivity contribution in [1.82, 2.24) is 0 Å². The Hall–Kier alpha value is -1.11. The molecule has 0 radical (unpaired) electrons. The Balaban J connectivity index is 3.02. The molecule has 0 heterocycles. The Morgan fingerprint density at radius 2 is 1.89 bits per heavy atom. The van der Waals surface area contributed by atoms with E-state index in [9.17, 15) is 8.42 Å². The Morgan fingerprint density at radius 1 is 1.22 bits per heavy atom. The molecule has 6 heteroatoms. The summed E-state index contributed by atoms with van der Waals surface area (Å²) in [4.78, 5) is 0.0393. The van der Waals surface area contributed by atoms with Gasteiger partial charge in [-0.05, 0) is 31.0 Å². The van der Waals surface area contributed by atoms with Crippen molar-refractivity contribution < 1.29 is 17.9 Å². The summed E-state index contributed by atoms with van der Waals surface area (Å²) in [6.45, 7) is 4.57. The van der Waals surface area contributed by atoms with Gasteiger partial charge in [-0.1, -0.05) is 6.07 Å². The van der Waals surface area contributed by atoms with Gasteiger partial charge in [0.1, 0.15) is 10.6 Å². The normalized spacial score (nSPS) is 11.6. The molecule has 0 aliphatic heterocycles. The summed E-state index contributed by atoms with van der Waals surface area (Å²) < 4.78 is 33.5. The van der Waals surface area contributed by atoms with E-state index < -0.39 is 10.0 Å². The zero-order valence-corrected chi connectivity index (χ0v) is 11.7. The van der Waals surface area contributed by atoms with Gasteiger partial charge in [0.15, 0.2) is 0 Å². The van der Waals surface area contributed by atoms with Crippen LogP contribution in [0.15, 0.2) is 17.0 Å². The molecule has 0 saturated heterocycles. The second-order valence-electron chi connectivity index (χ2n) is 4.15. The highest BCUT2D eigenvalue weighted by molar-refractivity contribution is 7.89. The molecule has 18 heavy (non-hydrogen) atoms. The fourth-order valence-electron chi connectivity index (χ4n) is 1.69. The molecule has 0 unspecified atom stereocenters. The van der Waals surface area contributed by atoms with Crippen LogP contribution in [0.5, 0.6) is 5.75 Å². The predicted octanol–water partition coefficient (Wildman–Crippen LogP) is 1.37. The summed E-state index contributed by atoms with van der Waals surface area (Å²) >= 11 is 0. The van der Waals surface area contributed by atoms with E-state index in [0.29, 0.717) is 25.4 Å². The third-order valence-electron chi connectivity index (χ3n) is 2.43. The van der Waals surface area contributed by atoms with Crippen LogP contribution in [0.2, 0.25) is 0 Å². The molecule has 0 saturated carbocycles. The molecular weight excluding hydrogens is 254 g/mol. The van der Waals surface area contributed by atoms with Crippen LogP contribution in [-0.2, 0) is 14.8 Å². The Labute approximate surface area is 108 Å². The zero-order chi connectivity index (χ0) is 13.8. The van der Waals surface area contributed by atoms with E-state index in [2.05, 4.69) is 0 Å². The third-order valence-corrected chi connectivity index (χ3v) is 3.35. The van der Waals surface area contributed by atoms with Crippen LogP contribution in [0, 0.1) is 13.8 Å². The summed E-state index contributed by atoms with van der Waals surface area (Å²) in [7, 11) is -2.17. The second kappa shape index (κ2) is 6.17. The fraction of sp³-hybridized carbons (Fsp3) is 0.500. The van der Waals surface area contributed by atoms with Crippen molar-refractivity contribution in [3.63, 3.8) is 0 Å². The lowest BCUT2D eigenvalue weighted by molar-refractivity contribution is 0.171. The van der Waals surface area contributed by atoms with E-state index in [0.717, 1.165) is 11.1 Å². The fourth-order valence-corrected chi connectivity index (χ4v) is 2.52. The summed E-state index contributed by atoms with van der Waals surface area (Å²) in [5.41, 5.74) is 1.59. The van der Waals surface area contributed by atoms with Gasteiger partial charge >= 0.3 is 0 Å². The first-order valence-electron chi connectivity index (χ1n) is 5.62. The van der Waals surface area contributed by atoms with E-state index in [1.807, 2.05) is 13.0 Å². The number of primary sulfonamides is 1. The Kier molecular flexibility index (Phi) is 5.13. The smallest absolute Gasteiger partial charge is 0.241 e. The van der Waals surface area contributed by atoms with Crippen LogP contribution in [-0.4, -0.2) is 28.7 Å². The quantitative estimate of drug-likeness (QED) is 0.794. The van der Waals surface area contributed by atoms with E-state index in [-0.39, 0.29) is 4.90 Å². The molecule has 5 nitrogen and oxygen atoms in total. The number of aryl methyl sites for hydroxylation is 2. The number of hydrogen-bond acceptors (Lipinski definition) is 4. The van der Waals surface area contributed by atoms with Crippen molar-refractivity contribution in [2.45, 2.75) is 25.2 Å². The number of methoxy groups -OCH3 is 1. The van der Waals surface area contributed by atoms with Crippen LogP contribution < -0.4 is 9.88 Å². The monoisotopic (exact) mass is 273 g/mol. The number of benzene rings is 1. The van der Waals surface area contributed by atoms with Crippen LogP contribution >= 0.6 is 0 Å². The Bertz CT molecular complexity index is 511. The van der Waals surface area contributed by atoms with E-state index in [1.165, 1.54) is 6.07 Å². The van der Waals surface area contributed by atoms with Crippen LogP contribution in [0.25, 0.3) is 0 Å². The van der Waals surface area contributed by atoms with Gasteiger partial charge in [0.05, 0.1) is 6.61 Å². The molecule has 0 aliphatic carbocycles. The number of ether oxygens (including phenoxy) is 2. The van der Waals surface area contributed by atoms with Crippen molar-refractivity contribution in [2.75, 3.05) is 20.3 Å². The maximum Gasteiger partial charge on any atom is 0.241 e. The van der Waals surface area contributed by atoms with Gasteiger partial charge in [0.2, 0.25) is 10.0 Å². The van der Waals surface area contributed by atoms with Crippen molar-refractivity contribution in [3.05, 3.63) is 23.3 Å². The van der Waals surface area contributed by atoms with Crippen molar-refractivity contribution in [2.24, 2.45) is 5.14 Å². The predicted molar refractivity (Wildman–Crippen MR) is 69.3 cm³/mol. The first-order valence-corrected chi connectivity index (χ1v) is 7.16. The second-order valence-corrected chi connectivity index (χ2v) is 5.68. The van der Waals surface area contributed by atoms with Gasteiger partial charge in [-0.25, -0.2) is 13.6 Å². The van der Waals surface area contributed by atoms with Gasteiger partial charge in [-0.15, -0.1) is 0 Å². The number of rotatable bonds is 6. The maximum absolute atomic E-state index is 11.5. The molecule has 0 atom stereocenters. The average molecular weight is 273 g/mol. The zero-order valence-electron chi connectivity index (χ0n) is 10.9. The third kappa shape index (κ3) is 3.97. The minimum atomic E-state index is -3.78. The summed E-state index contributed by atoms with van der Waals surface area (Å²) in [6, 6.07) is 3.38. The molecule has 0 amide bonds. The van der Waals surface area contributed by atoms with Gasteiger partial charge < -0.3 is 9.47 Å². The minimum Gasteiger partial charge on any atom is -0.492 e. The van der Waals surface area contributed by atoms with Crippen molar-refractivity contribution in [3.8, 4) is 5.75 Å². The van der Waals surface area contributed by atoms with Crippen LogP contribution in [0.1, 0.15) is 17.5 Å². The van der Waals surface area contributed by atoms with Gasteiger partial charge in [-0.2, -0.15) is 0 Å². The highest BCUT2D eigenvalue weighted by atomic mass is 32.2. The topological polar surface area (TPSA) is 78.6 Å². The van der Waals surface area contributed by atoms with Gasteiger partial charge in [0, 0.05) is 20.1 Å². The lowest BCUT2D eigenvalue weighted by atomic mass is 10.1. The molecule has 1 aromatic rings. The highest BCUT2D eigenvalue weighted by Gasteiger charge is 2.18. The van der Waals surface area contributed by atoms with Gasteiger partial charge in [0.25, 0.3) is 0 Å². The number of hydrogen-bond donors (Lipinski definition) is 1. The first-order chi connectivity index (χ1) is 8.36. The maximum atomic E-state index is 11.5. The van der Waals surface area contributed by atoms with E-state index >= 15 is 0 Å². The lowest BCUT2D eigenvalue weighted by Crippen LogP contribution is -2.15. The molecule has 0 aliphatic rings. The van der Waals surface area contributed by atoms with E-state index in [1.54, 1.807) is 14.0 Å². The number of nitrogens with two attached hydrogens (primary N) is 1. The molecule has 1 aromatic carbocycles. The first kappa shape index (κ1) is 14.9.